The topological polar surface area (TPSA) is 93.4 Å². The van der Waals surface area contributed by atoms with E-state index in [-0.39, 0.29) is 11.6 Å². The van der Waals surface area contributed by atoms with Crippen LogP contribution in [0.15, 0.2) is 42.5 Å². The molecule has 0 saturated heterocycles. The number of hydrogen-bond donors (Lipinski definition) is 2. The lowest BCUT2D eigenvalue weighted by Crippen LogP contribution is -2.16. The number of nitrogens with two attached hydrogens (primary N) is 1. The molecule has 1 heterocycles. The number of phenolic OH excluding ortho intramolecular Hbond substituents is 1. The molecule has 0 unspecified atom stereocenters. The van der Waals surface area contributed by atoms with E-state index in [9.17, 15) is 10.4 Å². The van der Waals surface area contributed by atoms with Gasteiger partial charge in [0.15, 0.2) is 11.5 Å². The second kappa shape index (κ2) is 7.75. The number of nitrogens with zero attached hydrogens (tertiary/aromatic N) is 1. The Hall–Kier alpha value is -2.94. The number of anilines is 1. The molecule has 0 aliphatic carbocycles. The van der Waals surface area contributed by atoms with Crippen molar-refractivity contribution in [1.29, 1.82) is 5.26 Å². The van der Waals surface area contributed by atoms with Crippen LogP contribution in [0.1, 0.15) is 12.5 Å². The van der Waals surface area contributed by atoms with Crippen molar-refractivity contribution in [2.75, 3.05) is 12.3 Å². The van der Waals surface area contributed by atoms with Gasteiger partial charge in [-0.25, -0.2) is 4.98 Å². The van der Waals surface area contributed by atoms with Crippen molar-refractivity contribution in [3.8, 4) is 40.0 Å². The van der Waals surface area contributed by atoms with Crippen LogP contribution in [0.25, 0.3) is 22.4 Å². The van der Waals surface area contributed by atoms with Crippen molar-refractivity contribution < 1.29 is 14.8 Å². The van der Waals surface area contributed by atoms with Gasteiger partial charge in [-0.3, -0.25) is 5.73 Å². The SMILES string of the molecule is CCOc1cc(-c2cc(-c3ccc(Cl)c(Cl)c3)[nH+]c(N)c2C#N)ccc1O. The molecule has 7 heteroatoms. The van der Waals surface area contributed by atoms with Crippen LogP contribution >= 0.6 is 23.2 Å². The summed E-state index contributed by atoms with van der Waals surface area (Å²) < 4.78 is 5.44. The van der Waals surface area contributed by atoms with Crippen LogP contribution in [0, 0.1) is 11.3 Å². The molecule has 0 atom stereocenters. The smallest absolute Gasteiger partial charge is 0.289 e. The Balaban J connectivity index is 2.20. The number of nitrogens with one attached hydrogen (secondary N) is 1. The van der Waals surface area contributed by atoms with Gasteiger partial charge in [-0.2, -0.15) is 5.26 Å². The molecule has 136 valence electrons. The molecule has 3 rings (SSSR count). The van der Waals surface area contributed by atoms with Crippen molar-refractivity contribution >= 4 is 29.0 Å². The number of pyridine rings is 1. The van der Waals surface area contributed by atoms with Gasteiger partial charge in [-0.15, -0.1) is 0 Å². The molecule has 1 aromatic heterocycles. The van der Waals surface area contributed by atoms with Gasteiger partial charge in [0.1, 0.15) is 17.3 Å². The van der Waals surface area contributed by atoms with Gasteiger partial charge in [-0.1, -0.05) is 29.3 Å². The van der Waals surface area contributed by atoms with E-state index in [1.54, 1.807) is 36.4 Å². The van der Waals surface area contributed by atoms with Crippen molar-refractivity contribution in [1.82, 2.24) is 0 Å². The van der Waals surface area contributed by atoms with Gasteiger partial charge < -0.3 is 9.84 Å². The Morgan fingerprint density at radius 2 is 1.85 bits per heavy atom. The zero-order valence-corrected chi connectivity index (χ0v) is 15.9. The van der Waals surface area contributed by atoms with Gasteiger partial charge in [-0.05, 0) is 48.9 Å². The number of rotatable bonds is 4. The van der Waals surface area contributed by atoms with E-state index in [2.05, 4.69) is 11.1 Å². The summed E-state index contributed by atoms with van der Waals surface area (Å²) in [6, 6.07) is 14.0. The molecule has 0 aliphatic heterocycles. The monoisotopic (exact) mass is 400 g/mol. The van der Waals surface area contributed by atoms with Crippen molar-refractivity contribution in [2.45, 2.75) is 6.92 Å². The van der Waals surface area contributed by atoms with Crippen molar-refractivity contribution in [3.05, 3.63) is 58.1 Å². The molecule has 0 bridgehead atoms. The number of aromatic nitrogens is 1. The number of halogens is 2. The lowest BCUT2D eigenvalue weighted by molar-refractivity contribution is -0.346. The molecule has 0 fully saturated rings. The number of ether oxygens (including phenoxy) is 1. The van der Waals surface area contributed by atoms with Crippen LogP contribution in [-0.4, -0.2) is 11.7 Å². The molecule has 0 saturated carbocycles. The summed E-state index contributed by atoms with van der Waals surface area (Å²) in [6.07, 6.45) is 0. The average Bonchev–Trinajstić information content (AvgIpc) is 2.65. The number of aromatic amines is 1. The standard InChI is InChI=1S/C20H15Cl2N3O2/c1-2-27-19-8-11(4-6-18(19)26)13-9-17(25-20(24)14(13)10-23)12-3-5-15(21)16(22)7-12/h3-9,26H,2H2,1H3,(H2,24,25)/p+1. The summed E-state index contributed by atoms with van der Waals surface area (Å²) >= 11 is 12.1. The van der Waals surface area contributed by atoms with Crippen LogP contribution < -0.4 is 15.5 Å². The van der Waals surface area contributed by atoms with Gasteiger partial charge >= 0.3 is 0 Å². The maximum Gasteiger partial charge on any atom is 0.289 e. The summed E-state index contributed by atoms with van der Waals surface area (Å²) in [4.78, 5) is 3.02. The molecule has 27 heavy (non-hydrogen) atoms. The highest BCUT2D eigenvalue weighted by molar-refractivity contribution is 6.42. The Kier molecular flexibility index (Phi) is 5.41. The number of H-pyrrole nitrogens is 1. The Bertz CT molecular complexity index is 1060. The summed E-state index contributed by atoms with van der Waals surface area (Å²) in [5, 5.41) is 20.4. The molecule has 5 nitrogen and oxygen atoms in total. The minimum Gasteiger partial charge on any atom is -0.504 e. The van der Waals surface area contributed by atoms with E-state index in [0.29, 0.717) is 44.8 Å². The first kappa shape index (κ1) is 18.8. The number of nitriles is 1. The quantitative estimate of drug-likeness (QED) is 0.663. The van der Waals surface area contributed by atoms with Crippen LogP contribution in [0.3, 0.4) is 0 Å². The van der Waals surface area contributed by atoms with E-state index in [1.165, 1.54) is 6.07 Å². The molecule has 0 radical (unpaired) electrons. The average molecular weight is 401 g/mol. The third kappa shape index (κ3) is 3.77. The second-order valence-electron chi connectivity index (χ2n) is 5.74. The third-order valence-corrected chi connectivity index (χ3v) is 4.75. The fraction of sp³-hybridized carbons (Fsp3) is 0.100. The lowest BCUT2D eigenvalue weighted by atomic mass is 9.98. The molecule has 0 aliphatic rings. The Morgan fingerprint density at radius 1 is 1.11 bits per heavy atom. The lowest BCUT2D eigenvalue weighted by Gasteiger charge is -2.11. The van der Waals surface area contributed by atoms with Crippen molar-refractivity contribution in [3.63, 3.8) is 0 Å². The normalized spacial score (nSPS) is 10.4. The fourth-order valence-electron chi connectivity index (χ4n) is 2.73. The van der Waals surface area contributed by atoms with Gasteiger partial charge in [0.25, 0.3) is 5.82 Å². The van der Waals surface area contributed by atoms with Crippen molar-refractivity contribution in [2.24, 2.45) is 0 Å². The maximum absolute atomic E-state index is 9.94. The molecular formula is C20H16Cl2N3O2+. The summed E-state index contributed by atoms with van der Waals surface area (Å²) in [5.74, 6) is 0.586. The number of nitrogen functional groups attached to an aromatic ring is 1. The predicted octanol–water partition coefficient (Wildman–Crippen LogP) is 4.70. The molecule has 2 aromatic carbocycles. The Morgan fingerprint density at radius 3 is 2.52 bits per heavy atom. The van der Waals surface area contributed by atoms with E-state index < -0.39 is 0 Å². The highest BCUT2D eigenvalue weighted by Gasteiger charge is 2.19. The van der Waals surface area contributed by atoms with Gasteiger partial charge in [0, 0.05) is 11.1 Å². The molecule has 4 N–H and O–H groups in total. The number of aromatic hydroxyl groups is 1. The highest BCUT2D eigenvalue weighted by atomic mass is 35.5. The molecule has 0 amide bonds. The maximum atomic E-state index is 9.94. The summed E-state index contributed by atoms with van der Waals surface area (Å²) in [5.41, 5.74) is 9.12. The highest BCUT2D eigenvalue weighted by Crippen LogP contribution is 2.36. The minimum absolute atomic E-state index is 0.0271. The van der Waals surface area contributed by atoms with Gasteiger partial charge in [0.2, 0.25) is 0 Å². The van der Waals surface area contributed by atoms with E-state index in [0.717, 1.165) is 5.56 Å². The summed E-state index contributed by atoms with van der Waals surface area (Å²) in [6.45, 7) is 2.23. The van der Waals surface area contributed by atoms with E-state index in [1.807, 2.05) is 6.92 Å². The van der Waals surface area contributed by atoms with Crippen LogP contribution in [0.2, 0.25) is 10.0 Å². The third-order valence-electron chi connectivity index (χ3n) is 4.01. The van der Waals surface area contributed by atoms with Gasteiger partial charge in [0.05, 0.1) is 16.7 Å². The fourth-order valence-corrected chi connectivity index (χ4v) is 3.02. The zero-order valence-electron chi connectivity index (χ0n) is 14.4. The first-order valence-corrected chi connectivity index (χ1v) is 8.87. The van der Waals surface area contributed by atoms with E-state index >= 15 is 0 Å². The first-order valence-electron chi connectivity index (χ1n) is 8.12. The largest absolute Gasteiger partial charge is 0.504 e. The zero-order chi connectivity index (χ0) is 19.6. The predicted molar refractivity (Wildman–Crippen MR) is 106 cm³/mol. The second-order valence-corrected chi connectivity index (χ2v) is 6.56. The number of benzene rings is 2. The number of hydrogen-bond acceptors (Lipinski definition) is 4. The number of phenols is 1. The minimum atomic E-state index is 0.0271. The first-order chi connectivity index (χ1) is 12.9. The molecule has 3 aromatic rings. The molecule has 0 spiro atoms. The Labute approximate surface area is 166 Å². The summed E-state index contributed by atoms with van der Waals surface area (Å²) in [7, 11) is 0. The van der Waals surface area contributed by atoms with Crippen LogP contribution in [0.5, 0.6) is 11.5 Å². The van der Waals surface area contributed by atoms with Crippen LogP contribution in [-0.2, 0) is 0 Å². The van der Waals surface area contributed by atoms with Crippen LogP contribution in [0.4, 0.5) is 5.82 Å². The van der Waals surface area contributed by atoms with E-state index in [4.69, 9.17) is 33.7 Å². The molecular weight excluding hydrogens is 385 g/mol.